The molecule has 0 aromatic carbocycles. The number of nitrogens with zero attached hydrogens (tertiary/aromatic N) is 1. The van der Waals surface area contributed by atoms with Crippen molar-refractivity contribution in [3.05, 3.63) is 0 Å². The third kappa shape index (κ3) is 5.34. The number of hydrogen-bond donors (Lipinski definition) is 2. The van der Waals surface area contributed by atoms with E-state index in [4.69, 9.17) is 10.5 Å². The zero-order valence-electron chi connectivity index (χ0n) is 11.5. The summed E-state index contributed by atoms with van der Waals surface area (Å²) in [5.41, 5.74) is 4.78. The van der Waals surface area contributed by atoms with Crippen molar-refractivity contribution in [2.45, 2.75) is 57.3 Å². The lowest BCUT2D eigenvalue weighted by molar-refractivity contribution is -0.0184. The molecule has 1 saturated heterocycles. The Morgan fingerprint density at radius 1 is 1.53 bits per heavy atom. The maximum Gasteiger partial charge on any atom is 0.0756 e. The first-order valence-corrected chi connectivity index (χ1v) is 6.69. The van der Waals surface area contributed by atoms with Crippen LogP contribution in [-0.2, 0) is 4.74 Å². The van der Waals surface area contributed by atoms with E-state index in [9.17, 15) is 5.11 Å². The van der Waals surface area contributed by atoms with Gasteiger partial charge >= 0.3 is 0 Å². The number of nitrogens with two attached hydrogens (primary N) is 1. The number of hydrogen-bond acceptors (Lipinski definition) is 4. The first-order chi connectivity index (χ1) is 7.94. The SMILES string of the molecule is CC(CC(C)(O)CN)N(C)CC1CCCCO1. The van der Waals surface area contributed by atoms with Crippen LogP contribution in [0.4, 0.5) is 0 Å². The fourth-order valence-corrected chi connectivity index (χ4v) is 2.33. The molecule has 1 rings (SSSR count). The van der Waals surface area contributed by atoms with Gasteiger partial charge in [0.15, 0.2) is 0 Å². The molecule has 0 aromatic rings. The van der Waals surface area contributed by atoms with Gasteiger partial charge in [0.1, 0.15) is 0 Å². The third-order valence-corrected chi connectivity index (χ3v) is 3.69. The van der Waals surface area contributed by atoms with E-state index in [-0.39, 0.29) is 0 Å². The van der Waals surface area contributed by atoms with E-state index in [1.165, 1.54) is 12.8 Å². The maximum atomic E-state index is 9.97. The van der Waals surface area contributed by atoms with Crippen LogP contribution >= 0.6 is 0 Å². The summed E-state index contributed by atoms with van der Waals surface area (Å²) >= 11 is 0. The molecule has 0 saturated carbocycles. The van der Waals surface area contributed by atoms with Crippen LogP contribution in [0.5, 0.6) is 0 Å². The van der Waals surface area contributed by atoms with E-state index in [0.717, 1.165) is 19.6 Å². The van der Waals surface area contributed by atoms with Gasteiger partial charge in [-0.15, -0.1) is 0 Å². The molecule has 4 heteroatoms. The summed E-state index contributed by atoms with van der Waals surface area (Å²) in [7, 11) is 2.09. The Morgan fingerprint density at radius 2 is 2.24 bits per heavy atom. The second-order valence-electron chi connectivity index (χ2n) is 5.68. The summed E-state index contributed by atoms with van der Waals surface area (Å²) in [6.45, 7) is 6.09. The highest BCUT2D eigenvalue weighted by Gasteiger charge is 2.25. The zero-order chi connectivity index (χ0) is 12.9. The molecule has 3 atom stereocenters. The Balaban J connectivity index is 2.32. The van der Waals surface area contributed by atoms with Gasteiger partial charge in [-0.1, -0.05) is 0 Å². The highest BCUT2D eigenvalue weighted by molar-refractivity contribution is 4.81. The van der Waals surface area contributed by atoms with Crippen LogP contribution in [0.2, 0.25) is 0 Å². The van der Waals surface area contributed by atoms with Crippen LogP contribution in [0, 0.1) is 0 Å². The van der Waals surface area contributed by atoms with Crippen LogP contribution in [0.3, 0.4) is 0 Å². The van der Waals surface area contributed by atoms with E-state index < -0.39 is 5.60 Å². The van der Waals surface area contributed by atoms with Crippen molar-refractivity contribution in [1.29, 1.82) is 0 Å². The van der Waals surface area contributed by atoms with Gasteiger partial charge in [0, 0.05) is 25.7 Å². The van der Waals surface area contributed by atoms with Crippen molar-refractivity contribution >= 4 is 0 Å². The Morgan fingerprint density at radius 3 is 2.76 bits per heavy atom. The standard InChI is InChI=1S/C13H28N2O2/c1-11(8-13(2,16)10-14)15(3)9-12-6-4-5-7-17-12/h11-12,16H,4-10,14H2,1-3H3. The first kappa shape index (κ1) is 14.9. The van der Waals surface area contributed by atoms with Crippen molar-refractivity contribution in [3.63, 3.8) is 0 Å². The van der Waals surface area contributed by atoms with E-state index in [0.29, 0.717) is 25.1 Å². The summed E-state index contributed by atoms with van der Waals surface area (Å²) in [5, 5.41) is 9.97. The Kier molecular flexibility index (Phi) is 5.86. The van der Waals surface area contributed by atoms with Crippen molar-refractivity contribution in [3.8, 4) is 0 Å². The third-order valence-electron chi connectivity index (χ3n) is 3.69. The molecule has 0 amide bonds. The molecule has 0 spiro atoms. The molecule has 0 radical (unpaired) electrons. The average molecular weight is 244 g/mol. The van der Waals surface area contributed by atoms with Crippen LogP contribution in [0.25, 0.3) is 0 Å². The second kappa shape index (κ2) is 6.69. The Hall–Kier alpha value is -0.160. The van der Waals surface area contributed by atoms with E-state index >= 15 is 0 Å². The van der Waals surface area contributed by atoms with E-state index in [2.05, 4.69) is 18.9 Å². The van der Waals surface area contributed by atoms with Gasteiger partial charge in [0.2, 0.25) is 0 Å². The fraction of sp³-hybridized carbons (Fsp3) is 1.00. The van der Waals surface area contributed by atoms with Crippen LogP contribution in [-0.4, -0.2) is 54.5 Å². The Bertz CT molecular complexity index is 215. The summed E-state index contributed by atoms with van der Waals surface area (Å²) in [6, 6.07) is 0.319. The molecule has 1 aliphatic rings. The van der Waals surface area contributed by atoms with Crippen LogP contribution in [0.15, 0.2) is 0 Å². The summed E-state index contributed by atoms with van der Waals surface area (Å²) in [4.78, 5) is 2.26. The quantitative estimate of drug-likeness (QED) is 0.731. The largest absolute Gasteiger partial charge is 0.389 e. The summed E-state index contributed by atoms with van der Waals surface area (Å²) < 4.78 is 5.73. The number of ether oxygens (including phenoxy) is 1. The monoisotopic (exact) mass is 244 g/mol. The molecular weight excluding hydrogens is 216 g/mol. The van der Waals surface area contributed by atoms with E-state index in [1.54, 1.807) is 6.92 Å². The summed E-state index contributed by atoms with van der Waals surface area (Å²) in [5.74, 6) is 0. The lowest BCUT2D eigenvalue weighted by atomic mass is 9.97. The average Bonchev–Trinajstić information content (AvgIpc) is 2.30. The number of likely N-dealkylation sites (N-methyl/N-ethyl adjacent to an activating group) is 1. The molecule has 3 unspecified atom stereocenters. The van der Waals surface area contributed by atoms with Crippen molar-refractivity contribution in [2.75, 3.05) is 26.7 Å². The number of aliphatic hydroxyl groups is 1. The lowest BCUT2D eigenvalue weighted by Crippen LogP contribution is -2.44. The molecule has 1 fully saturated rings. The molecule has 0 aromatic heterocycles. The van der Waals surface area contributed by atoms with Crippen LogP contribution < -0.4 is 5.73 Å². The van der Waals surface area contributed by atoms with Gasteiger partial charge in [-0.05, 0) is 46.6 Å². The minimum absolute atomic E-state index is 0.311. The number of rotatable bonds is 6. The fourth-order valence-electron chi connectivity index (χ4n) is 2.33. The van der Waals surface area contributed by atoms with Gasteiger partial charge in [0.25, 0.3) is 0 Å². The van der Waals surface area contributed by atoms with Gasteiger partial charge in [-0.2, -0.15) is 0 Å². The van der Waals surface area contributed by atoms with Gasteiger partial charge < -0.3 is 20.5 Å². The molecule has 1 aliphatic heterocycles. The second-order valence-corrected chi connectivity index (χ2v) is 5.68. The predicted octanol–water partition coefficient (Wildman–Crippen LogP) is 0.976. The lowest BCUT2D eigenvalue weighted by Gasteiger charge is -2.34. The smallest absolute Gasteiger partial charge is 0.0756 e. The minimum Gasteiger partial charge on any atom is -0.389 e. The van der Waals surface area contributed by atoms with Gasteiger partial charge in [-0.25, -0.2) is 0 Å². The van der Waals surface area contributed by atoms with Gasteiger partial charge in [-0.3, -0.25) is 0 Å². The molecular formula is C13H28N2O2. The van der Waals surface area contributed by atoms with Crippen molar-refractivity contribution in [2.24, 2.45) is 5.73 Å². The maximum absolute atomic E-state index is 9.97. The van der Waals surface area contributed by atoms with Gasteiger partial charge in [0.05, 0.1) is 11.7 Å². The molecule has 4 nitrogen and oxygen atoms in total. The predicted molar refractivity (Wildman–Crippen MR) is 70.0 cm³/mol. The van der Waals surface area contributed by atoms with Crippen LogP contribution in [0.1, 0.15) is 39.5 Å². The first-order valence-electron chi connectivity index (χ1n) is 6.69. The molecule has 3 N–H and O–H groups in total. The molecule has 102 valence electrons. The van der Waals surface area contributed by atoms with Crippen molar-refractivity contribution < 1.29 is 9.84 Å². The summed E-state index contributed by atoms with van der Waals surface area (Å²) in [6.07, 6.45) is 4.68. The topological polar surface area (TPSA) is 58.7 Å². The normalized spacial score (nSPS) is 26.8. The van der Waals surface area contributed by atoms with E-state index in [1.807, 2.05) is 0 Å². The molecule has 17 heavy (non-hydrogen) atoms. The van der Waals surface area contributed by atoms with Crippen molar-refractivity contribution in [1.82, 2.24) is 4.90 Å². The highest BCUT2D eigenvalue weighted by atomic mass is 16.5. The molecule has 0 bridgehead atoms. The minimum atomic E-state index is -0.763. The highest BCUT2D eigenvalue weighted by Crippen LogP contribution is 2.18. The Labute approximate surface area is 105 Å². The molecule has 1 heterocycles. The molecule has 0 aliphatic carbocycles. The zero-order valence-corrected chi connectivity index (χ0v) is 11.5.